The lowest BCUT2D eigenvalue weighted by Gasteiger charge is -2.35. The Labute approximate surface area is 224 Å². The van der Waals surface area contributed by atoms with Crippen molar-refractivity contribution in [1.82, 2.24) is 9.88 Å². The molecule has 1 saturated heterocycles. The molecule has 0 N–H and O–H groups in total. The van der Waals surface area contributed by atoms with Gasteiger partial charge in [-0.05, 0) is 49.4 Å². The highest BCUT2D eigenvalue weighted by Crippen LogP contribution is 2.32. The molecule has 7 nitrogen and oxygen atoms in total. The molecule has 10 heteroatoms. The van der Waals surface area contributed by atoms with Crippen LogP contribution in [0.5, 0.6) is 5.75 Å². The molecular formula is C29H26F3N3O4. The average molecular weight is 538 g/mol. The van der Waals surface area contributed by atoms with Crippen LogP contribution < -0.4 is 9.64 Å². The van der Waals surface area contributed by atoms with Gasteiger partial charge in [-0.1, -0.05) is 30.0 Å². The first-order valence-electron chi connectivity index (χ1n) is 12.3. The van der Waals surface area contributed by atoms with E-state index in [-0.39, 0.29) is 31.9 Å². The number of hydrogen-bond donors (Lipinski definition) is 0. The number of amides is 1. The molecule has 0 unspecified atom stereocenters. The molecule has 3 aromatic rings. The maximum atomic E-state index is 13.3. The van der Waals surface area contributed by atoms with Gasteiger partial charge in [-0.25, -0.2) is 9.78 Å². The lowest BCUT2D eigenvalue weighted by molar-refractivity contribution is -0.145. The van der Waals surface area contributed by atoms with Crippen molar-refractivity contribution in [2.24, 2.45) is 0 Å². The summed E-state index contributed by atoms with van der Waals surface area (Å²) in [6.45, 7) is 3.28. The van der Waals surface area contributed by atoms with Gasteiger partial charge in [0.1, 0.15) is 11.6 Å². The van der Waals surface area contributed by atoms with E-state index in [0.717, 1.165) is 6.07 Å². The predicted molar refractivity (Wildman–Crippen MR) is 138 cm³/mol. The molecule has 1 amide bonds. The average Bonchev–Trinajstić information content (AvgIpc) is 2.95. The van der Waals surface area contributed by atoms with Gasteiger partial charge < -0.3 is 19.3 Å². The van der Waals surface area contributed by atoms with E-state index >= 15 is 0 Å². The number of esters is 1. The van der Waals surface area contributed by atoms with Crippen molar-refractivity contribution in [3.63, 3.8) is 0 Å². The summed E-state index contributed by atoms with van der Waals surface area (Å²) in [6.07, 6.45) is -2.95. The van der Waals surface area contributed by atoms with Crippen LogP contribution in [0.15, 0.2) is 66.9 Å². The van der Waals surface area contributed by atoms with Crippen LogP contribution in [0.1, 0.15) is 34.0 Å². The molecule has 1 aliphatic heterocycles. The Balaban J connectivity index is 1.34. The fourth-order valence-corrected chi connectivity index (χ4v) is 4.03. The highest BCUT2D eigenvalue weighted by Gasteiger charge is 2.36. The summed E-state index contributed by atoms with van der Waals surface area (Å²) in [7, 11) is 0. The normalized spacial score (nSPS) is 13.3. The molecule has 4 rings (SSSR count). The number of alkyl halides is 3. The molecule has 39 heavy (non-hydrogen) atoms. The third-order valence-electron chi connectivity index (χ3n) is 5.95. The number of carbonyl (C=O) groups excluding carboxylic acids is 2. The minimum Gasteiger partial charge on any atom is -0.482 e. The van der Waals surface area contributed by atoms with Crippen LogP contribution in [-0.4, -0.2) is 61.2 Å². The quantitative estimate of drug-likeness (QED) is 0.343. The number of carbonyl (C=O) groups is 2. The lowest BCUT2D eigenvalue weighted by atomic mass is 10.1. The Morgan fingerprint density at radius 3 is 2.38 bits per heavy atom. The maximum Gasteiger partial charge on any atom is 0.417 e. The third-order valence-corrected chi connectivity index (χ3v) is 5.95. The number of pyridine rings is 1. The van der Waals surface area contributed by atoms with Crippen LogP contribution in [0, 0.1) is 11.8 Å². The molecule has 0 spiro atoms. The Kier molecular flexibility index (Phi) is 8.71. The van der Waals surface area contributed by atoms with Crippen molar-refractivity contribution in [1.29, 1.82) is 0 Å². The number of piperazine rings is 1. The Morgan fingerprint density at radius 1 is 0.949 bits per heavy atom. The van der Waals surface area contributed by atoms with E-state index < -0.39 is 23.6 Å². The van der Waals surface area contributed by atoms with Gasteiger partial charge in [-0.2, -0.15) is 13.2 Å². The summed E-state index contributed by atoms with van der Waals surface area (Å²) >= 11 is 0. The second-order valence-electron chi connectivity index (χ2n) is 8.60. The van der Waals surface area contributed by atoms with Crippen molar-refractivity contribution in [3.05, 3.63) is 89.1 Å². The number of hydrogen-bond acceptors (Lipinski definition) is 6. The zero-order valence-corrected chi connectivity index (χ0v) is 21.2. The molecule has 0 aliphatic carbocycles. The summed E-state index contributed by atoms with van der Waals surface area (Å²) in [5.74, 6) is 6.20. The Bertz CT molecular complexity index is 1370. The number of halogens is 3. The summed E-state index contributed by atoms with van der Waals surface area (Å²) in [4.78, 5) is 32.1. The molecule has 2 heterocycles. The summed E-state index contributed by atoms with van der Waals surface area (Å²) in [5.41, 5.74) is 0.129. The third kappa shape index (κ3) is 7.29. The van der Waals surface area contributed by atoms with Crippen LogP contribution >= 0.6 is 0 Å². The van der Waals surface area contributed by atoms with Crippen LogP contribution in [-0.2, 0) is 15.7 Å². The Hall–Kier alpha value is -4.52. The summed E-state index contributed by atoms with van der Waals surface area (Å²) in [5, 5.41) is 0. The zero-order valence-electron chi connectivity index (χ0n) is 21.2. The van der Waals surface area contributed by atoms with Gasteiger partial charge >= 0.3 is 12.1 Å². The van der Waals surface area contributed by atoms with E-state index in [1.807, 2.05) is 23.1 Å². The van der Waals surface area contributed by atoms with Crippen molar-refractivity contribution in [3.8, 4) is 17.6 Å². The largest absolute Gasteiger partial charge is 0.482 e. The number of rotatable bonds is 6. The number of ether oxygens (including phenoxy) is 2. The SMILES string of the molecule is CCOC(=O)COc1cccc(C#Cc2ccc(N3CCN(C(=O)c4ccccc4C(F)(F)F)CC3)nc2)c1. The fraction of sp³-hybridized carbons (Fsp3) is 0.276. The molecule has 0 saturated carbocycles. The van der Waals surface area contributed by atoms with Crippen LogP contribution in [0.25, 0.3) is 0 Å². The number of nitrogens with zero attached hydrogens (tertiary/aromatic N) is 3. The smallest absolute Gasteiger partial charge is 0.417 e. The molecular weight excluding hydrogens is 511 g/mol. The minimum absolute atomic E-state index is 0.181. The highest BCUT2D eigenvalue weighted by atomic mass is 19.4. The van der Waals surface area contributed by atoms with E-state index in [1.54, 1.807) is 31.3 Å². The van der Waals surface area contributed by atoms with E-state index in [4.69, 9.17) is 9.47 Å². The highest BCUT2D eigenvalue weighted by molar-refractivity contribution is 5.96. The molecule has 0 radical (unpaired) electrons. The zero-order chi connectivity index (χ0) is 27.8. The first-order valence-corrected chi connectivity index (χ1v) is 12.3. The van der Waals surface area contributed by atoms with Crippen molar-refractivity contribution < 1.29 is 32.2 Å². The molecule has 0 bridgehead atoms. The Morgan fingerprint density at radius 2 is 1.69 bits per heavy atom. The standard InChI is InChI=1S/C29H26F3N3O4/c1-2-38-27(36)20-39-23-7-5-6-21(18-23)10-11-22-12-13-26(33-19-22)34-14-16-35(17-15-34)28(37)24-8-3-4-9-25(24)29(30,31)32/h3-9,12-13,18-19H,2,14-17,20H2,1H3. The number of anilines is 1. The summed E-state index contributed by atoms with van der Waals surface area (Å²) in [6, 6.07) is 15.5. The van der Waals surface area contributed by atoms with Gasteiger partial charge in [0.05, 0.1) is 17.7 Å². The van der Waals surface area contributed by atoms with Crippen molar-refractivity contribution >= 4 is 17.7 Å². The maximum absolute atomic E-state index is 13.3. The van der Waals surface area contributed by atoms with Crippen molar-refractivity contribution in [2.45, 2.75) is 13.1 Å². The van der Waals surface area contributed by atoms with Gasteiger partial charge in [-0.15, -0.1) is 0 Å². The number of benzene rings is 2. The van der Waals surface area contributed by atoms with E-state index in [1.165, 1.54) is 23.1 Å². The topological polar surface area (TPSA) is 72.0 Å². The fourth-order valence-electron chi connectivity index (χ4n) is 4.03. The first-order chi connectivity index (χ1) is 18.7. The van der Waals surface area contributed by atoms with Gasteiger partial charge in [-0.3, -0.25) is 4.79 Å². The summed E-state index contributed by atoms with van der Waals surface area (Å²) < 4.78 is 50.2. The molecule has 1 fully saturated rings. The monoisotopic (exact) mass is 537 g/mol. The van der Waals surface area contributed by atoms with Crippen LogP contribution in [0.3, 0.4) is 0 Å². The minimum atomic E-state index is -4.59. The molecule has 1 aromatic heterocycles. The second-order valence-corrected chi connectivity index (χ2v) is 8.60. The van der Waals surface area contributed by atoms with E-state index in [2.05, 4.69) is 16.8 Å². The van der Waals surface area contributed by atoms with E-state index in [9.17, 15) is 22.8 Å². The van der Waals surface area contributed by atoms with Crippen molar-refractivity contribution in [2.75, 3.05) is 44.3 Å². The van der Waals surface area contributed by atoms with Gasteiger partial charge in [0.15, 0.2) is 6.61 Å². The number of aromatic nitrogens is 1. The predicted octanol–water partition coefficient (Wildman–Crippen LogP) is 4.40. The first kappa shape index (κ1) is 27.5. The molecule has 1 aliphatic rings. The van der Waals surface area contributed by atoms with E-state index in [0.29, 0.717) is 35.8 Å². The van der Waals surface area contributed by atoms with Gasteiger partial charge in [0, 0.05) is 43.5 Å². The second kappa shape index (κ2) is 12.3. The van der Waals surface area contributed by atoms with Gasteiger partial charge in [0.25, 0.3) is 5.91 Å². The molecule has 0 atom stereocenters. The molecule has 202 valence electrons. The molecule has 2 aromatic carbocycles. The van der Waals surface area contributed by atoms with Gasteiger partial charge in [0.2, 0.25) is 0 Å². The van der Waals surface area contributed by atoms with Crippen LogP contribution in [0.4, 0.5) is 19.0 Å². The van der Waals surface area contributed by atoms with Crippen LogP contribution in [0.2, 0.25) is 0 Å². The lowest BCUT2D eigenvalue weighted by Crippen LogP contribution is -2.49.